The third-order valence-electron chi connectivity index (χ3n) is 6.13. The van der Waals surface area contributed by atoms with Crippen LogP contribution >= 0.6 is 0 Å². The Hall–Kier alpha value is -3.43. The number of nitrogens with one attached hydrogen (secondary N) is 1. The molecular formula is C24H22F4N2O4. The van der Waals surface area contributed by atoms with Gasteiger partial charge in [-0.15, -0.1) is 0 Å². The van der Waals surface area contributed by atoms with Crippen LogP contribution in [0.25, 0.3) is 0 Å². The number of ketones is 1. The zero-order valence-electron chi connectivity index (χ0n) is 18.5. The van der Waals surface area contributed by atoms with Crippen molar-refractivity contribution in [1.82, 2.24) is 10.2 Å². The SMILES string of the molecule is CC1(C)CC(=O)C2=C(C1)N(CCc1ccc(F)cc1)C(=O)[C@@]2(NC(=O)c1ccco1)C(F)(F)F. The lowest BCUT2D eigenvalue weighted by Crippen LogP contribution is -2.66. The fraction of sp³-hybridized carbons (Fsp3) is 0.375. The van der Waals surface area contributed by atoms with Crippen LogP contribution in [0.15, 0.2) is 58.3 Å². The summed E-state index contributed by atoms with van der Waals surface area (Å²) in [5.41, 5.74) is -4.41. The predicted molar refractivity (Wildman–Crippen MR) is 112 cm³/mol. The second-order valence-electron chi connectivity index (χ2n) is 9.28. The van der Waals surface area contributed by atoms with Gasteiger partial charge in [-0.05, 0) is 48.1 Å². The third-order valence-corrected chi connectivity index (χ3v) is 6.13. The molecule has 1 aromatic carbocycles. The van der Waals surface area contributed by atoms with E-state index in [1.165, 1.54) is 30.3 Å². The number of furan rings is 1. The van der Waals surface area contributed by atoms with Crippen molar-refractivity contribution in [1.29, 1.82) is 0 Å². The van der Waals surface area contributed by atoms with Crippen molar-refractivity contribution in [2.24, 2.45) is 5.41 Å². The van der Waals surface area contributed by atoms with Crippen LogP contribution in [-0.4, -0.2) is 40.8 Å². The number of carbonyl (C=O) groups excluding carboxylic acids is 3. The molecule has 4 rings (SSSR count). The smallest absolute Gasteiger partial charge is 0.425 e. The van der Waals surface area contributed by atoms with E-state index in [2.05, 4.69) is 0 Å². The molecule has 0 bridgehead atoms. The van der Waals surface area contributed by atoms with Crippen LogP contribution in [0.3, 0.4) is 0 Å². The Morgan fingerprint density at radius 1 is 1.12 bits per heavy atom. The maximum Gasteiger partial charge on any atom is 0.425 e. The molecule has 180 valence electrons. The van der Waals surface area contributed by atoms with Gasteiger partial charge in [-0.3, -0.25) is 14.4 Å². The third kappa shape index (κ3) is 3.91. The second-order valence-corrected chi connectivity index (χ2v) is 9.28. The summed E-state index contributed by atoms with van der Waals surface area (Å²) in [5, 5.41) is 1.80. The van der Waals surface area contributed by atoms with Crippen LogP contribution in [0.1, 0.15) is 42.8 Å². The summed E-state index contributed by atoms with van der Waals surface area (Å²) in [6.45, 7) is 3.28. The molecule has 1 atom stereocenters. The number of carbonyl (C=O) groups is 3. The monoisotopic (exact) mass is 478 g/mol. The highest BCUT2D eigenvalue weighted by molar-refractivity contribution is 6.14. The first-order chi connectivity index (χ1) is 15.9. The van der Waals surface area contributed by atoms with E-state index in [9.17, 15) is 31.9 Å². The van der Waals surface area contributed by atoms with Crippen LogP contribution in [0.4, 0.5) is 17.6 Å². The van der Waals surface area contributed by atoms with E-state index in [4.69, 9.17) is 4.42 Å². The Bertz CT molecular complexity index is 1170. The molecule has 0 spiro atoms. The van der Waals surface area contributed by atoms with Gasteiger partial charge in [0.15, 0.2) is 11.5 Å². The van der Waals surface area contributed by atoms with Crippen LogP contribution in [-0.2, 0) is 16.0 Å². The molecule has 0 unspecified atom stereocenters. The molecule has 1 aliphatic heterocycles. The number of hydrogen-bond acceptors (Lipinski definition) is 4. The van der Waals surface area contributed by atoms with Gasteiger partial charge in [-0.1, -0.05) is 26.0 Å². The van der Waals surface area contributed by atoms with Crippen LogP contribution in [0.5, 0.6) is 0 Å². The van der Waals surface area contributed by atoms with Gasteiger partial charge in [0.1, 0.15) is 5.82 Å². The maximum absolute atomic E-state index is 14.7. The van der Waals surface area contributed by atoms with E-state index in [1.807, 2.05) is 0 Å². The minimum absolute atomic E-state index is 0.0394. The molecule has 10 heteroatoms. The highest BCUT2D eigenvalue weighted by atomic mass is 19.4. The number of amides is 2. The quantitative estimate of drug-likeness (QED) is 0.654. The number of halogens is 4. The average Bonchev–Trinajstić information content (AvgIpc) is 3.33. The van der Waals surface area contributed by atoms with Gasteiger partial charge in [0.25, 0.3) is 11.8 Å². The number of benzene rings is 1. The first-order valence-corrected chi connectivity index (χ1v) is 10.6. The number of Topliss-reactive ketones (excluding diaryl/α,β-unsaturated/α-hetero) is 1. The van der Waals surface area contributed by atoms with Gasteiger partial charge in [0.2, 0.25) is 5.54 Å². The Morgan fingerprint density at radius 2 is 1.79 bits per heavy atom. The highest BCUT2D eigenvalue weighted by Gasteiger charge is 2.71. The standard InChI is InChI=1S/C24H22F4N2O4/c1-22(2)12-16-19(17(31)13-22)23(24(26,27)28,29-20(32)18-4-3-11-34-18)21(33)30(16)10-9-14-5-7-15(25)8-6-14/h3-8,11H,9-10,12-13H2,1-2H3,(H,29,32)/t23-/m1/s1. The van der Waals surface area contributed by atoms with Crippen molar-refractivity contribution < 1.29 is 36.4 Å². The fourth-order valence-corrected chi connectivity index (χ4v) is 4.59. The molecule has 0 fully saturated rings. The molecule has 1 N–H and O–H groups in total. The number of allylic oxidation sites excluding steroid dienone is 1. The molecule has 0 saturated heterocycles. The molecule has 1 aliphatic carbocycles. The van der Waals surface area contributed by atoms with Crippen LogP contribution < -0.4 is 5.32 Å². The predicted octanol–water partition coefficient (Wildman–Crippen LogP) is 4.18. The lowest BCUT2D eigenvalue weighted by molar-refractivity contribution is -0.190. The lowest BCUT2D eigenvalue weighted by atomic mass is 9.72. The topological polar surface area (TPSA) is 79.6 Å². The first-order valence-electron chi connectivity index (χ1n) is 10.6. The van der Waals surface area contributed by atoms with E-state index >= 15 is 0 Å². The van der Waals surface area contributed by atoms with E-state index in [-0.39, 0.29) is 31.5 Å². The number of alkyl halides is 3. The van der Waals surface area contributed by atoms with Gasteiger partial charge in [-0.25, -0.2) is 4.39 Å². The lowest BCUT2D eigenvalue weighted by Gasteiger charge is -2.35. The molecule has 34 heavy (non-hydrogen) atoms. The van der Waals surface area contributed by atoms with Gasteiger partial charge in [-0.2, -0.15) is 13.2 Å². The largest absolute Gasteiger partial charge is 0.459 e. The van der Waals surface area contributed by atoms with Gasteiger partial charge < -0.3 is 14.6 Å². The highest BCUT2D eigenvalue weighted by Crippen LogP contribution is 2.51. The number of hydrogen-bond donors (Lipinski definition) is 1. The van der Waals surface area contributed by atoms with E-state index in [0.717, 1.165) is 17.2 Å². The van der Waals surface area contributed by atoms with Crippen molar-refractivity contribution in [3.63, 3.8) is 0 Å². The zero-order chi connectivity index (χ0) is 24.9. The minimum atomic E-state index is -5.30. The minimum Gasteiger partial charge on any atom is -0.459 e. The van der Waals surface area contributed by atoms with Crippen molar-refractivity contribution >= 4 is 17.6 Å². The summed E-state index contributed by atoms with van der Waals surface area (Å²) in [7, 11) is 0. The molecule has 0 saturated carbocycles. The van der Waals surface area contributed by atoms with Gasteiger partial charge >= 0.3 is 6.18 Å². The average molecular weight is 478 g/mol. The molecule has 1 aromatic heterocycles. The summed E-state index contributed by atoms with van der Waals surface area (Å²) in [5.74, 6) is -4.45. The molecular weight excluding hydrogens is 456 g/mol. The normalized spacial score (nSPS) is 22.2. The molecule has 2 amide bonds. The Kier molecular flexibility index (Phi) is 5.65. The van der Waals surface area contributed by atoms with E-state index in [0.29, 0.717) is 5.56 Å². The maximum atomic E-state index is 14.7. The van der Waals surface area contributed by atoms with Crippen molar-refractivity contribution in [2.75, 3.05) is 6.54 Å². The molecule has 0 radical (unpaired) electrons. The van der Waals surface area contributed by atoms with E-state index in [1.54, 1.807) is 19.2 Å². The van der Waals surface area contributed by atoms with Crippen molar-refractivity contribution in [3.8, 4) is 0 Å². The Balaban J connectivity index is 1.79. The van der Waals surface area contributed by atoms with Crippen molar-refractivity contribution in [2.45, 2.75) is 44.8 Å². The molecule has 2 aromatic rings. The second kappa shape index (κ2) is 8.11. The van der Waals surface area contributed by atoms with Crippen LogP contribution in [0.2, 0.25) is 0 Å². The summed E-state index contributed by atoms with van der Waals surface area (Å²) >= 11 is 0. The van der Waals surface area contributed by atoms with E-state index < -0.39 is 51.9 Å². The summed E-state index contributed by atoms with van der Waals surface area (Å²) in [6, 6.07) is 7.84. The molecule has 6 nitrogen and oxygen atoms in total. The van der Waals surface area contributed by atoms with Crippen molar-refractivity contribution in [3.05, 3.63) is 71.1 Å². The molecule has 2 aliphatic rings. The zero-order valence-corrected chi connectivity index (χ0v) is 18.5. The summed E-state index contributed by atoms with van der Waals surface area (Å²) < 4.78 is 62.1. The van der Waals surface area contributed by atoms with Gasteiger partial charge in [0.05, 0.1) is 11.8 Å². The summed E-state index contributed by atoms with van der Waals surface area (Å²) in [6.07, 6.45) is -4.23. The molecule has 2 heterocycles. The van der Waals surface area contributed by atoms with Gasteiger partial charge in [0, 0.05) is 18.7 Å². The Labute approximate surface area is 192 Å². The number of nitrogens with zero attached hydrogens (tertiary/aromatic N) is 1. The van der Waals surface area contributed by atoms with Crippen LogP contribution in [0, 0.1) is 11.2 Å². The first kappa shape index (κ1) is 23.7. The Morgan fingerprint density at radius 3 is 2.38 bits per heavy atom. The number of rotatable bonds is 5. The fourth-order valence-electron chi connectivity index (χ4n) is 4.59. The summed E-state index contributed by atoms with van der Waals surface area (Å²) in [4.78, 5) is 40.1.